The van der Waals surface area contributed by atoms with Gasteiger partial charge < -0.3 is 41.6 Å². The number of alkyl halides is 1. The van der Waals surface area contributed by atoms with Crippen LogP contribution >= 0.6 is 26.2 Å². The van der Waals surface area contributed by atoms with Crippen LogP contribution in [0.4, 0.5) is 4.39 Å². The van der Waals surface area contributed by atoms with Crippen molar-refractivity contribution in [2.24, 2.45) is 11.5 Å². The number of hydrogen-bond donors (Lipinski definition) is 2. The van der Waals surface area contributed by atoms with Crippen molar-refractivity contribution in [2.45, 2.75) is 51.3 Å². The van der Waals surface area contributed by atoms with Gasteiger partial charge in [0.05, 0.1) is 24.2 Å². The van der Waals surface area contributed by atoms with Crippen molar-refractivity contribution in [2.75, 3.05) is 6.67 Å². The minimum absolute atomic E-state index is 0. The molecule has 14 rings (SSSR count). The minimum atomic E-state index is -0.380. The molecule has 0 aliphatic rings. The predicted octanol–water partition coefficient (Wildman–Crippen LogP) is 15.3. The number of nitrogens with zero attached hydrogens (tertiary/aromatic N) is 7. The van der Waals surface area contributed by atoms with Crippen LogP contribution in [0.25, 0.3) is 77.4 Å². The average molecular weight is 2030 g/mol. The first kappa shape index (κ1) is 88.0. The molecule has 0 saturated heterocycles. The van der Waals surface area contributed by atoms with E-state index in [1.165, 1.54) is 72.1 Å². The van der Waals surface area contributed by atoms with Gasteiger partial charge >= 0.3 is 66.5 Å². The fourth-order valence-corrected chi connectivity index (χ4v) is 11.6. The summed E-state index contributed by atoms with van der Waals surface area (Å²) in [5.74, 6) is 3.16. The number of aromatic nitrogens is 7. The Bertz CT molecular complexity index is 4750. The second-order valence-electron chi connectivity index (χ2n) is 21.5. The first-order valence-corrected chi connectivity index (χ1v) is 37.0. The normalized spacial score (nSPS) is 10.0. The molecule has 7 radical (unpaired) electrons. The number of para-hydroxylation sites is 4. The maximum Gasteiger partial charge on any atom is 0.494 e. The van der Waals surface area contributed by atoms with E-state index in [2.05, 4.69) is 87.4 Å². The Morgan fingerprint density at radius 3 is 1.11 bits per heavy atom. The first-order chi connectivity index (χ1) is 49.6. The third-order valence-electron chi connectivity index (χ3n) is 14.8. The van der Waals surface area contributed by atoms with Crippen LogP contribution in [0.1, 0.15) is 46.4 Å². The molecule has 0 spiro atoms. The smallest absolute Gasteiger partial charge is 0.494 e. The summed E-state index contributed by atoms with van der Waals surface area (Å²) in [5.41, 5.74) is 27.0. The zero-order valence-electron chi connectivity index (χ0n) is 56.7. The molecule has 0 amide bonds. The number of pyridine rings is 7. The molecule has 26 heteroatoms. The Morgan fingerprint density at radius 2 is 0.740 bits per heavy atom. The summed E-state index contributed by atoms with van der Waals surface area (Å²) >= 11 is 5.77. The van der Waals surface area contributed by atoms with Gasteiger partial charge in [-0.15, -0.1) is 115 Å². The van der Waals surface area contributed by atoms with E-state index >= 15 is 0 Å². The molecule has 104 heavy (non-hydrogen) atoms. The summed E-state index contributed by atoms with van der Waals surface area (Å²) in [6.45, 7) is 2.69. The van der Waals surface area contributed by atoms with E-state index in [-0.39, 0.29) is 83.9 Å². The van der Waals surface area contributed by atoms with Gasteiger partial charge in [-0.3, -0.25) is 13.5 Å². The molecular weight excluding hydrogens is 1960 g/mol. The van der Waals surface area contributed by atoms with Crippen LogP contribution in [0, 0.1) is 18.2 Å². The van der Waals surface area contributed by atoms with Crippen LogP contribution in [0.5, 0.6) is 23.0 Å². The van der Waals surface area contributed by atoms with Gasteiger partial charge in [-0.1, -0.05) is 116 Å². The molecular formula is C78H70Al4FIr3N9O6P3-3. The van der Waals surface area contributed by atoms with Crippen LogP contribution in [0.15, 0.2) is 249 Å². The molecule has 1 atom stereocenters. The van der Waals surface area contributed by atoms with E-state index in [0.29, 0.717) is 31.8 Å². The molecule has 15 nitrogen and oxygen atoms in total. The predicted molar refractivity (Wildman–Crippen MR) is 414 cm³/mol. The number of hydrogen-bond acceptors (Lipinski definition) is 15. The van der Waals surface area contributed by atoms with Crippen molar-refractivity contribution in [1.82, 2.24) is 34.9 Å². The van der Waals surface area contributed by atoms with Gasteiger partial charge in [0.15, 0.2) is 16.9 Å². The minimum Gasteiger partial charge on any atom is -0.649 e. The molecule has 0 fully saturated rings. The van der Waals surface area contributed by atoms with E-state index in [9.17, 15) is 13.5 Å². The van der Waals surface area contributed by atoms with Crippen LogP contribution in [-0.4, -0.2) is 108 Å². The van der Waals surface area contributed by atoms with Crippen molar-refractivity contribution in [3.8, 4) is 56.8 Å². The number of halogens is 1. The van der Waals surface area contributed by atoms with E-state index in [1.54, 1.807) is 18.6 Å². The SMILES string of the molecule is CCc1ccc2cccc([O][AlH])c2n1.FCCc1ccc2cccc([O][AlH])c2n1.NCc1[c-]c(-c2ccccn2)ccc1.NCc1ccc2cccc([O][AlH])c2n1.O=PCc1[c-]c(-c2ccccn2)ccc1.O=PCc1ccc2cccc([O][AlH])c2n1.PCc1[c-]c(-c2ccccn2)ccc1.[Ir].[Ir].[Ir]. The molecule has 527 valence electrons. The number of benzene rings is 7. The monoisotopic (exact) mass is 2030 g/mol. The fraction of sp³-hybridized carbons (Fsp3) is 0.115. The van der Waals surface area contributed by atoms with Gasteiger partial charge in [0.25, 0.3) is 0 Å². The number of rotatable bonds is 17. The van der Waals surface area contributed by atoms with Crippen molar-refractivity contribution in [3.05, 3.63) is 307 Å². The Kier molecular flexibility index (Phi) is 41.7. The molecule has 0 aliphatic carbocycles. The molecule has 7 aromatic heterocycles. The van der Waals surface area contributed by atoms with Crippen molar-refractivity contribution < 1.29 is 89.0 Å². The summed E-state index contributed by atoms with van der Waals surface area (Å²) < 4.78 is 54.2. The molecule has 0 saturated carbocycles. The molecule has 4 N–H and O–H groups in total. The van der Waals surface area contributed by atoms with Crippen LogP contribution in [-0.2, 0) is 114 Å². The van der Waals surface area contributed by atoms with Gasteiger partial charge in [0.2, 0.25) is 0 Å². The molecule has 7 heterocycles. The summed E-state index contributed by atoms with van der Waals surface area (Å²) in [5, 5.41) is 4.25. The van der Waals surface area contributed by atoms with Crippen molar-refractivity contribution >= 4 is 136 Å². The zero-order valence-corrected chi connectivity index (χ0v) is 72.5. The fourth-order valence-electron chi connectivity index (χ4n) is 9.77. The quantitative estimate of drug-likeness (QED) is 0.0493. The van der Waals surface area contributed by atoms with Crippen molar-refractivity contribution in [3.63, 3.8) is 0 Å². The molecule has 14 aromatic rings. The summed E-state index contributed by atoms with van der Waals surface area (Å²) in [4.78, 5) is 30.5. The van der Waals surface area contributed by atoms with Gasteiger partial charge in [0, 0.05) is 138 Å². The van der Waals surface area contributed by atoms with Gasteiger partial charge in [-0.05, 0) is 96.4 Å². The topological polar surface area (TPSA) is 213 Å². The third kappa shape index (κ3) is 27.3. The van der Waals surface area contributed by atoms with Crippen LogP contribution in [0.3, 0.4) is 0 Å². The maximum atomic E-state index is 12.2. The van der Waals surface area contributed by atoms with Crippen LogP contribution < -0.4 is 26.6 Å². The van der Waals surface area contributed by atoms with Crippen molar-refractivity contribution in [1.29, 1.82) is 0 Å². The Balaban J connectivity index is 0.000000217. The second kappa shape index (κ2) is 49.3. The largest absolute Gasteiger partial charge is 0.649 e. The maximum absolute atomic E-state index is 12.2. The average Bonchev–Trinajstić information content (AvgIpc) is 0.832. The van der Waals surface area contributed by atoms with Gasteiger partial charge in [-0.25, -0.2) is 19.9 Å². The third-order valence-corrected chi connectivity index (χ3v) is 17.4. The Labute approximate surface area is 686 Å². The first-order valence-electron chi connectivity index (χ1n) is 31.8. The summed E-state index contributed by atoms with van der Waals surface area (Å²) in [7, 11) is 2.91. The molecule has 0 aliphatic heterocycles. The molecule has 0 bridgehead atoms. The van der Waals surface area contributed by atoms with Gasteiger partial charge in [-0.2, -0.15) is 0 Å². The van der Waals surface area contributed by atoms with E-state index < -0.39 is 0 Å². The Hall–Kier alpha value is -6.61. The van der Waals surface area contributed by atoms with E-state index in [0.717, 1.165) is 147 Å². The zero-order chi connectivity index (χ0) is 71.4. The standard InChI is InChI=1S/C12H11N2.C12H9NOP.C12H11NP.C11H10FNO.C11H11NO.C10H10N2O.C10H8NO2P.4Al.3Ir.4H/c13-9-10-4-3-5-11(8-10)12-6-1-2-7-14-12;14-15-9-10-4-3-5-11(8-10)12-6-1-2-7-13-12;14-9-10-4-3-5-11(8-10)12-6-1-2-7-13-12;12-7-6-9-5-4-8-2-1-3-10(14)11(8)13-9;1-2-9-7-6-8-4-3-5-10(13)11(8)12-9;11-6-8-5-4-7-2-1-3-9(13)10(7)12-8;12-9-3-1-2-7-4-5-8(6-14-13)11-10(7)9;;;;;;;;;;;/h1-7H,9,13H2;1-7H,9H2;1-7H,9,14H2;1-5,14H,6-7H2;3-7,13H,2H2,1H3;1-5,13H,6,11H2;1-5,12H,6H2;;;;;;;;;;;/q3*-1;;;;;4*+1;;;;;;;/p-4. The number of nitrogens with two attached hydrogens (primary N) is 2. The summed E-state index contributed by atoms with van der Waals surface area (Å²) in [6.07, 6.45) is 8.51. The second-order valence-corrected chi connectivity index (χ2v) is 24.2. The van der Waals surface area contributed by atoms with E-state index in [4.69, 9.17) is 26.6 Å². The number of aryl methyl sites for hydroxylation is 2. The summed E-state index contributed by atoms with van der Waals surface area (Å²) in [6, 6.07) is 84.2. The number of fused-ring (bicyclic) bond motifs is 4. The Morgan fingerprint density at radius 1 is 0.394 bits per heavy atom. The molecule has 1 unspecified atom stereocenters. The van der Waals surface area contributed by atoms with Crippen LogP contribution in [0.2, 0.25) is 0 Å². The van der Waals surface area contributed by atoms with E-state index in [1.807, 2.05) is 212 Å². The molecule has 7 aromatic carbocycles. The van der Waals surface area contributed by atoms with Gasteiger partial charge in [0.1, 0.15) is 45.1 Å².